The number of rotatable bonds is 2. The Labute approximate surface area is 94.1 Å². The van der Waals surface area contributed by atoms with E-state index in [1.807, 2.05) is 11.1 Å². The zero-order valence-corrected chi connectivity index (χ0v) is 8.89. The van der Waals surface area contributed by atoms with Crippen LogP contribution in [0.3, 0.4) is 0 Å². The number of aromatic nitrogens is 1. The Bertz CT molecular complexity index is 377. The summed E-state index contributed by atoms with van der Waals surface area (Å²) < 4.78 is 0. The predicted octanol–water partition coefficient (Wildman–Crippen LogP) is 1.38. The summed E-state index contributed by atoms with van der Waals surface area (Å²) in [7, 11) is 0. The van der Waals surface area contributed by atoms with E-state index in [0.717, 1.165) is 19.5 Å². The minimum Gasteiger partial charge on any atom is -0.305 e. The number of nitrogens with one attached hydrogen (secondary N) is 2. The second-order valence-electron chi connectivity index (χ2n) is 3.51. The van der Waals surface area contributed by atoms with Crippen molar-refractivity contribution in [3.8, 4) is 0 Å². The predicted molar refractivity (Wildman–Crippen MR) is 61.7 cm³/mol. The fourth-order valence-corrected chi connectivity index (χ4v) is 1.48. The van der Waals surface area contributed by atoms with E-state index in [-0.39, 0.29) is 6.03 Å². The molecule has 16 heavy (non-hydrogen) atoms. The van der Waals surface area contributed by atoms with Crippen LogP contribution in [0, 0.1) is 0 Å². The largest absolute Gasteiger partial charge is 0.333 e. The second kappa shape index (κ2) is 5.27. The molecule has 0 spiro atoms. The quantitative estimate of drug-likeness (QED) is 0.737. The van der Waals surface area contributed by atoms with Gasteiger partial charge in [-0.15, -0.1) is 0 Å². The van der Waals surface area contributed by atoms with Crippen LogP contribution in [-0.4, -0.2) is 29.1 Å². The van der Waals surface area contributed by atoms with Crippen LogP contribution < -0.4 is 10.7 Å². The highest BCUT2D eigenvalue weighted by atomic mass is 16.2. The first-order valence-corrected chi connectivity index (χ1v) is 5.22. The van der Waals surface area contributed by atoms with Gasteiger partial charge in [-0.3, -0.25) is 10.4 Å². The number of hydrogen-bond acceptors (Lipinski definition) is 3. The lowest BCUT2D eigenvalue weighted by molar-refractivity contribution is 0.196. The van der Waals surface area contributed by atoms with Crippen molar-refractivity contribution in [3.63, 3.8) is 0 Å². The van der Waals surface area contributed by atoms with E-state index in [0.29, 0.717) is 5.69 Å². The number of amides is 2. The molecule has 0 saturated carbocycles. The summed E-state index contributed by atoms with van der Waals surface area (Å²) in [4.78, 5) is 15.5. The number of hydrazine groups is 1. The van der Waals surface area contributed by atoms with Crippen molar-refractivity contribution in [2.45, 2.75) is 6.42 Å². The van der Waals surface area contributed by atoms with Gasteiger partial charge in [-0.05, 0) is 18.6 Å². The topological polar surface area (TPSA) is 57.3 Å². The molecule has 2 heterocycles. The third kappa shape index (κ3) is 3.06. The fourth-order valence-electron chi connectivity index (χ4n) is 1.48. The highest BCUT2D eigenvalue weighted by Gasteiger charge is 2.09. The highest BCUT2D eigenvalue weighted by Crippen LogP contribution is 2.02. The highest BCUT2D eigenvalue weighted by molar-refractivity contribution is 5.88. The van der Waals surface area contributed by atoms with Gasteiger partial charge in [0.05, 0.1) is 11.9 Å². The number of urea groups is 1. The molecule has 1 aliphatic heterocycles. The molecule has 0 bridgehead atoms. The van der Waals surface area contributed by atoms with Crippen LogP contribution in [0.4, 0.5) is 10.5 Å². The Hall–Kier alpha value is -1.88. The number of nitrogens with zero attached hydrogens (tertiary/aromatic N) is 2. The van der Waals surface area contributed by atoms with Crippen molar-refractivity contribution < 1.29 is 4.79 Å². The third-order valence-corrected chi connectivity index (χ3v) is 2.24. The Morgan fingerprint density at radius 3 is 3.06 bits per heavy atom. The van der Waals surface area contributed by atoms with Crippen molar-refractivity contribution in [1.82, 2.24) is 15.4 Å². The molecule has 1 aliphatic rings. The van der Waals surface area contributed by atoms with Gasteiger partial charge in [-0.1, -0.05) is 12.2 Å². The second-order valence-corrected chi connectivity index (χ2v) is 3.51. The van der Waals surface area contributed by atoms with Gasteiger partial charge >= 0.3 is 6.03 Å². The van der Waals surface area contributed by atoms with Gasteiger partial charge in [-0.2, -0.15) is 0 Å². The molecule has 0 saturated heterocycles. The Morgan fingerprint density at radius 1 is 1.44 bits per heavy atom. The van der Waals surface area contributed by atoms with Crippen molar-refractivity contribution >= 4 is 11.7 Å². The monoisotopic (exact) mass is 218 g/mol. The van der Waals surface area contributed by atoms with E-state index in [2.05, 4.69) is 21.8 Å². The van der Waals surface area contributed by atoms with Gasteiger partial charge in [0.1, 0.15) is 0 Å². The lowest BCUT2D eigenvalue weighted by Crippen LogP contribution is -2.45. The van der Waals surface area contributed by atoms with Crippen molar-refractivity contribution in [2.75, 3.05) is 18.4 Å². The molecule has 1 aromatic rings. The normalized spacial score (nSPS) is 15.8. The maximum atomic E-state index is 11.6. The number of hydrogen-bond donors (Lipinski definition) is 2. The van der Waals surface area contributed by atoms with Crippen LogP contribution in [0.25, 0.3) is 0 Å². The fraction of sp³-hybridized carbons (Fsp3) is 0.273. The molecule has 2 rings (SSSR count). The average Bonchev–Trinajstić information content (AvgIpc) is 2.31. The van der Waals surface area contributed by atoms with Gasteiger partial charge in [0.15, 0.2) is 0 Å². The summed E-state index contributed by atoms with van der Waals surface area (Å²) in [6.45, 7) is 1.59. The molecular formula is C11H14N4O. The van der Waals surface area contributed by atoms with E-state index < -0.39 is 0 Å². The molecule has 84 valence electrons. The summed E-state index contributed by atoms with van der Waals surface area (Å²) in [5.74, 6) is 0. The Kier molecular flexibility index (Phi) is 3.50. The van der Waals surface area contributed by atoms with Crippen LogP contribution in [0.1, 0.15) is 6.42 Å². The van der Waals surface area contributed by atoms with Crippen LogP contribution in [0.2, 0.25) is 0 Å². The van der Waals surface area contributed by atoms with E-state index in [9.17, 15) is 4.79 Å². The van der Waals surface area contributed by atoms with Gasteiger partial charge in [-0.25, -0.2) is 9.80 Å². The summed E-state index contributed by atoms with van der Waals surface area (Å²) >= 11 is 0. The third-order valence-electron chi connectivity index (χ3n) is 2.24. The summed E-state index contributed by atoms with van der Waals surface area (Å²) in [6, 6.07) is 3.34. The molecule has 1 aromatic heterocycles. The Morgan fingerprint density at radius 2 is 2.38 bits per heavy atom. The molecule has 5 heteroatoms. The number of anilines is 1. The molecule has 0 aliphatic carbocycles. The average molecular weight is 218 g/mol. The smallest absolute Gasteiger partial charge is 0.305 e. The first-order valence-electron chi connectivity index (χ1n) is 5.22. The van der Waals surface area contributed by atoms with Crippen LogP contribution in [0.5, 0.6) is 0 Å². The first-order chi connectivity index (χ1) is 7.84. The number of carbonyl (C=O) groups is 1. The Balaban J connectivity index is 1.82. The number of pyridine rings is 1. The SMILES string of the molecule is O=C(Nc1cccnc1)NN1CC=CCC1. The van der Waals surface area contributed by atoms with Gasteiger partial charge < -0.3 is 5.32 Å². The van der Waals surface area contributed by atoms with Crippen molar-refractivity contribution in [2.24, 2.45) is 0 Å². The van der Waals surface area contributed by atoms with Gasteiger partial charge in [0.2, 0.25) is 0 Å². The molecule has 0 aromatic carbocycles. The first kappa shape index (κ1) is 10.6. The molecule has 0 unspecified atom stereocenters. The van der Waals surface area contributed by atoms with Crippen molar-refractivity contribution in [1.29, 1.82) is 0 Å². The summed E-state index contributed by atoms with van der Waals surface area (Å²) in [5, 5.41) is 4.58. The molecular weight excluding hydrogens is 204 g/mol. The standard InChI is InChI=1S/C11H14N4O/c16-11(13-10-5-4-6-12-9-10)14-15-7-2-1-3-8-15/h1-2,4-6,9H,3,7-8H2,(H2,13,14,16). The lowest BCUT2D eigenvalue weighted by atomic mass is 10.3. The summed E-state index contributed by atoms with van der Waals surface area (Å²) in [6.07, 6.45) is 8.38. The van der Waals surface area contributed by atoms with Crippen LogP contribution in [0.15, 0.2) is 36.7 Å². The zero-order valence-electron chi connectivity index (χ0n) is 8.89. The molecule has 0 atom stereocenters. The lowest BCUT2D eigenvalue weighted by Gasteiger charge is -2.23. The maximum Gasteiger partial charge on any atom is 0.333 e. The molecule has 2 amide bonds. The van der Waals surface area contributed by atoms with E-state index in [1.165, 1.54) is 0 Å². The van der Waals surface area contributed by atoms with Crippen molar-refractivity contribution in [3.05, 3.63) is 36.7 Å². The van der Waals surface area contributed by atoms with Crippen LogP contribution >= 0.6 is 0 Å². The molecule has 5 nitrogen and oxygen atoms in total. The van der Waals surface area contributed by atoms with E-state index >= 15 is 0 Å². The minimum absolute atomic E-state index is 0.233. The van der Waals surface area contributed by atoms with Crippen LogP contribution in [-0.2, 0) is 0 Å². The van der Waals surface area contributed by atoms with E-state index in [4.69, 9.17) is 0 Å². The van der Waals surface area contributed by atoms with Gasteiger partial charge in [0, 0.05) is 19.3 Å². The minimum atomic E-state index is -0.233. The molecule has 2 N–H and O–H groups in total. The summed E-state index contributed by atoms with van der Waals surface area (Å²) in [5.41, 5.74) is 3.46. The molecule has 0 fully saturated rings. The zero-order chi connectivity index (χ0) is 11.2. The maximum absolute atomic E-state index is 11.6. The van der Waals surface area contributed by atoms with E-state index in [1.54, 1.807) is 24.5 Å². The number of carbonyl (C=O) groups excluding carboxylic acids is 1. The van der Waals surface area contributed by atoms with Gasteiger partial charge in [0.25, 0.3) is 0 Å². The molecule has 0 radical (unpaired) electrons.